The predicted molar refractivity (Wildman–Crippen MR) is 112 cm³/mol. The third-order valence-electron chi connectivity index (χ3n) is 4.70. The molecule has 0 bridgehead atoms. The van der Waals surface area contributed by atoms with Crippen LogP contribution in [0, 0.1) is 10.1 Å². The SMILES string of the molecule is CC(C)OCCCN1C(=O)C(=O)/C(=C(\O)c2ccc([N+](=O)[O-])cc2)C1c1cccs1. The van der Waals surface area contributed by atoms with E-state index in [1.165, 1.54) is 40.5 Å². The Kier molecular flexibility index (Phi) is 6.63. The van der Waals surface area contributed by atoms with E-state index in [0.717, 1.165) is 4.88 Å². The van der Waals surface area contributed by atoms with E-state index in [2.05, 4.69) is 0 Å². The van der Waals surface area contributed by atoms with E-state index in [4.69, 9.17) is 4.74 Å². The summed E-state index contributed by atoms with van der Waals surface area (Å²) in [7, 11) is 0. The summed E-state index contributed by atoms with van der Waals surface area (Å²) < 4.78 is 5.53. The van der Waals surface area contributed by atoms with Crippen molar-refractivity contribution in [2.45, 2.75) is 32.4 Å². The van der Waals surface area contributed by atoms with Gasteiger partial charge in [-0.05, 0) is 43.8 Å². The molecule has 1 fully saturated rings. The van der Waals surface area contributed by atoms with Gasteiger partial charge in [0.2, 0.25) is 0 Å². The number of aliphatic hydroxyl groups excluding tert-OH is 1. The molecule has 158 valence electrons. The van der Waals surface area contributed by atoms with Gasteiger partial charge in [0.15, 0.2) is 0 Å². The monoisotopic (exact) mass is 430 g/mol. The first-order valence-electron chi connectivity index (χ1n) is 9.49. The molecule has 1 amide bonds. The van der Waals surface area contributed by atoms with Crippen molar-refractivity contribution in [1.82, 2.24) is 4.90 Å². The lowest BCUT2D eigenvalue weighted by Gasteiger charge is -2.24. The number of rotatable bonds is 8. The Morgan fingerprint density at radius 1 is 1.27 bits per heavy atom. The minimum Gasteiger partial charge on any atom is -0.507 e. The lowest BCUT2D eigenvalue weighted by molar-refractivity contribution is -0.384. The highest BCUT2D eigenvalue weighted by Crippen LogP contribution is 2.41. The topological polar surface area (TPSA) is 110 Å². The Labute approximate surface area is 177 Å². The van der Waals surface area contributed by atoms with E-state index < -0.39 is 22.7 Å². The Bertz CT molecular complexity index is 966. The maximum atomic E-state index is 12.8. The van der Waals surface area contributed by atoms with Gasteiger partial charge in [0.1, 0.15) is 5.76 Å². The summed E-state index contributed by atoms with van der Waals surface area (Å²) in [6.07, 6.45) is 0.612. The number of non-ortho nitro benzene ring substituents is 1. The number of nitro groups is 1. The fraction of sp³-hybridized carbons (Fsp3) is 0.333. The molecule has 0 radical (unpaired) electrons. The number of aliphatic hydroxyl groups is 1. The van der Waals surface area contributed by atoms with Crippen molar-refractivity contribution in [1.29, 1.82) is 0 Å². The van der Waals surface area contributed by atoms with Crippen LogP contribution >= 0.6 is 11.3 Å². The highest BCUT2D eigenvalue weighted by Gasteiger charge is 2.46. The molecule has 1 N–H and O–H groups in total. The number of hydrogen-bond acceptors (Lipinski definition) is 7. The van der Waals surface area contributed by atoms with Gasteiger partial charge in [0, 0.05) is 35.7 Å². The number of benzene rings is 1. The number of ether oxygens (including phenoxy) is 1. The third-order valence-corrected chi connectivity index (χ3v) is 5.62. The van der Waals surface area contributed by atoms with Gasteiger partial charge in [-0.25, -0.2) is 0 Å². The highest BCUT2D eigenvalue weighted by atomic mass is 32.1. The van der Waals surface area contributed by atoms with E-state index in [-0.39, 0.29) is 28.7 Å². The normalized spacial score (nSPS) is 18.4. The van der Waals surface area contributed by atoms with Crippen LogP contribution in [0.3, 0.4) is 0 Å². The van der Waals surface area contributed by atoms with E-state index in [9.17, 15) is 24.8 Å². The lowest BCUT2D eigenvalue weighted by Crippen LogP contribution is -2.31. The Balaban J connectivity index is 1.97. The summed E-state index contributed by atoms with van der Waals surface area (Å²) in [4.78, 5) is 38.1. The van der Waals surface area contributed by atoms with Gasteiger partial charge in [-0.15, -0.1) is 11.3 Å². The molecular formula is C21H22N2O6S. The molecule has 30 heavy (non-hydrogen) atoms. The fourth-order valence-electron chi connectivity index (χ4n) is 3.30. The zero-order valence-electron chi connectivity index (χ0n) is 16.6. The zero-order valence-corrected chi connectivity index (χ0v) is 17.4. The van der Waals surface area contributed by atoms with Crippen molar-refractivity contribution in [3.05, 3.63) is 67.9 Å². The van der Waals surface area contributed by atoms with Crippen molar-refractivity contribution in [2.75, 3.05) is 13.2 Å². The molecule has 9 heteroatoms. The van der Waals surface area contributed by atoms with Crippen LogP contribution in [0.25, 0.3) is 5.76 Å². The lowest BCUT2D eigenvalue weighted by atomic mass is 9.99. The molecule has 1 aliphatic heterocycles. The molecule has 1 unspecified atom stereocenters. The number of carbonyl (C=O) groups excluding carboxylic acids is 2. The van der Waals surface area contributed by atoms with Crippen LogP contribution in [0.2, 0.25) is 0 Å². The van der Waals surface area contributed by atoms with Crippen LogP contribution < -0.4 is 0 Å². The second-order valence-electron chi connectivity index (χ2n) is 7.08. The van der Waals surface area contributed by atoms with Crippen LogP contribution in [0.5, 0.6) is 0 Å². The average Bonchev–Trinajstić information content (AvgIpc) is 3.32. The number of nitro benzene ring substituents is 1. The molecule has 2 aromatic rings. The molecule has 0 aliphatic carbocycles. The minimum absolute atomic E-state index is 0.0129. The Morgan fingerprint density at radius 3 is 2.53 bits per heavy atom. The van der Waals surface area contributed by atoms with E-state index in [0.29, 0.717) is 19.6 Å². The second kappa shape index (κ2) is 9.19. The second-order valence-corrected chi connectivity index (χ2v) is 8.06. The highest BCUT2D eigenvalue weighted by molar-refractivity contribution is 7.10. The van der Waals surface area contributed by atoms with Crippen molar-refractivity contribution in [3.63, 3.8) is 0 Å². The number of thiophene rings is 1. The van der Waals surface area contributed by atoms with Gasteiger partial charge in [0.05, 0.1) is 22.6 Å². The summed E-state index contributed by atoms with van der Waals surface area (Å²) in [6, 6.07) is 8.13. The summed E-state index contributed by atoms with van der Waals surface area (Å²) in [5.74, 6) is -1.79. The minimum atomic E-state index is -0.769. The summed E-state index contributed by atoms with van der Waals surface area (Å²) >= 11 is 1.38. The standard InChI is InChI=1S/C21H22N2O6S/c1-13(2)29-11-4-10-22-18(16-5-3-12-30-16)17(20(25)21(22)26)19(24)14-6-8-15(9-7-14)23(27)28/h3,5-9,12-13,18,24H,4,10-11H2,1-2H3/b19-17-. The molecule has 3 rings (SSSR count). The molecule has 1 aromatic heterocycles. The van der Waals surface area contributed by atoms with E-state index in [1.807, 2.05) is 31.4 Å². The van der Waals surface area contributed by atoms with Crippen LogP contribution in [0.1, 0.15) is 36.8 Å². The van der Waals surface area contributed by atoms with Crippen molar-refractivity contribution >= 4 is 34.5 Å². The van der Waals surface area contributed by atoms with Gasteiger partial charge in [-0.3, -0.25) is 19.7 Å². The summed E-state index contributed by atoms with van der Waals surface area (Å²) in [5.41, 5.74) is 0.0938. The third kappa shape index (κ3) is 4.42. The van der Waals surface area contributed by atoms with Gasteiger partial charge in [0.25, 0.3) is 17.4 Å². The number of hydrogen-bond donors (Lipinski definition) is 1. The molecule has 0 spiro atoms. The van der Waals surface area contributed by atoms with Crippen LogP contribution in [-0.2, 0) is 14.3 Å². The first-order chi connectivity index (χ1) is 14.3. The average molecular weight is 430 g/mol. The van der Waals surface area contributed by atoms with Gasteiger partial charge >= 0.3 is 0 Å². The number of ketones is 1. The maximum Gasteiger partial charge on any atom is 0.295 e. The molecule has 1 aliphatic rings. The van der Waals surface area contributed by atoms with Crippen LogP contribution in [0.15, 0.2) is 47.4 Å². The van der Waals surface area contributed by atoms with Gasteiger partial charge in [-0.1, -0.05) is 6.07 Å². The van der Waals surface area contributed by atoms with Gasteiger partial charge < -0.3 is 14.7 Å². The number of nitrogens with zero attached hydrogens (tertiary/aromatic N) is 2. The molecular weight excluding hydrogens is 408 g/mol. The Morgan fingerprint density at radius 2 is 1.97 bits per heavy atom. The number of carbonyl (C=O) groups is 2. The number of amides is 1. The molecule has 0 saturated carbocycles. The molecule has 2 heterocycles. The zero-order chi connectivity index (χ0) is 21.8. The first-order valence-corrected chi connectivity index (χ1v) is 10.4. The predicted octanol–water partition coefficient (Wildman–Crippen LogP) is 3.89. The maximum absolute atomic E-state index is 12.8. The van der Waals surface area contributed by atoms with Crippen molar-refractivity contribution < 1.29 is 24.4 Å². The summed E-state index contributed by atoms with van der Waals surface area (Å²) in [5, 5.41) is 23.6. The molecule has 1 aromatic carbocycles. The largest absolute Gasteiger partial charge is 0.507 e. The van der Waals surface area contributed by atoms with E-state index in [1.54, 1.807) is 0 Å². The Hall–Kier alpha value is -3.04. The van der Waals surface area contributed by atoms with Crippen molar-refractivity contribution in [2.24, 2.45) is 0 Å². The van der Waals surface area contributed by atoms with Crippen LogP contribution in [-0.4, -0.2) is 45.9 Å². The molecule has 1 atom stereocenters. The first kappa shape index (κ1) is 21.7. The van der Waals surface area contributed by atoms with Crippen molar-refractivity contribution in [3.8, 4) is 0 Å². The number of Topliss-reactive ketones (excluding diaryl/α,β-unsaturated/α-hetero) is 1. The molecule has 1 saturated heterocycles. The van der Waals surface area contributed by atoms with E-state index >= 15 is 0 Å². The number of likely N-dealkylation sites (tertiary alicyclic amines) is 1. The molecule has 8 nitrogen and oxygen atoms in total. The quantitative estimate of drug-likeness (QED) is 0.170. The summed E-state index contributed by atoms with van der Waals surface area (Å²) in [6.45, 7) is 4.58. The van der Waals surface area contributed by atoms with Gasteiger partial charge in [-0.2, -0.15) is 0 Å². The fourth-order valence-corrected chi connectivity index (χ4v) is 4.15. The smallest absolute Gasteiger partial charge is 0.295 e. The van der Waals surface area contributed by atoms with Crippen LogP contribution in [0.4, 0.5) is 5.69 Å².